The maximum atomic E-state index is 13.4. The predicted molar refractivity (Wildman–Crippen MR) is 103 cm³/mol. The molecule has 4 aromatic rings. The number of amides is 1. The maximum Gasteiger partial charge on any atom is 0.291 e. The second-order valence-corrected chi connectivity index (χ2v) is 6.42. The van der Waals surface area contributed by atoms with Crippen molar-refractivity contribution < 1.29 is 22.8 Å². The molecule has 6 heteroatoms. The second kappa shape index (κ2) is 7.70. The van der Waals surface area contributed by atoms with Crippen molar-refractivity contribution in [1.82, 2.24) is 0 Å². The van der Waals surface area contributed by atoms with Gasteiger partial charge in [0.2, 0.25) is 0 Å². The number of benzene rings is 2. The molecule has 142 valence electrons. The zero-order chi connectivity index (χ0) is 19.5. The van der Waals surface area contributed by atoms with E-state index in [1.165, 1.54) is 18.2 Å². The van der Waals surface area contributed by atoms with Crippen LogP contribution in [0, 0.1) is 12.7 Å². The van der Waals surface area contributed by atoms with Gasteiger partial charge in [-0.3, -0.25) is 4.79 Å². The molecule has 0 unspecified atom stereocenters. The number of hydrogen-bond acceptors (Lipinski definition) is 4. The Labute approximate surface area is 160 Å². The lowest BCUT2D eigenvalue weighted by molar-refractivity contribution is 0.0929. The lowest BCUT2D eigenvalue weighted by Gasteiger charge is -2.07. The van der Waals surface area contributed by atoms with Gasteiger partial charge in [-0.05, 0) is 55.0 Å². The summed E-state index contributed by atoms with van der Waals surface area (Å²) in [7, 11) is 0. The molecule has 0 atom stereocenters. The van der Waals surface area contributed by atoms with E-state index in [0.717, 1.165) is 11.3 Å². The summed E-state index contributed by atoms with van der Waals surface area (Å²) in [4.78, 5) is 12.6. The fraction of sp³-hybridized carbons (Fsp3) is 0.136. The zero-order valence-corrected chi connectivity index (χ0v) is 15.2. The van der Waals surface area contributed by atoms with Gasteiger partial charge in [-0.15, -0.1) is 0 Å². The molecule has 2 aromatic carbocycles. The fourth-order valence-corrected chi connectivity index (χ4v) is 3.00. The molecule has 1 N–H and O–H groups in total. The third kappa shape index (κ3) is 3.82. The predicted octanol–water partition coefficient (Wildman–Crippen LogP) is 5.44. The lowest BCUT2D eigenvalue weighted by atomic mass is 10.1. The minimum atomic E-state index is -0.386. The average molecular weight is 379 g/mol. The van der Waals surface area contributed by atoms with Gasteiger partial charge in [0.1, 0.15) is 23.8 Å². The first-order chi connectivity index (χ1) is 13.6. The molecule has 2 aromatic heterocycles. The number of ether oxygens (including phenoxy) is 1. The molecule has 0 spiro atoms. The zero-order valence-electron chi connectivity index (χ0n) is 15.2. The Kier molecular flexibility index (Phi) is 4.95. The molecule has 0 radical (unpaired) electrons. The van der Waals surface area contributed by atoms with E-state index in [2.05, 4.69) is 5.32 Å². The fourth-order valence-electron chi connectivity index (χ4n) is 3.00. The average Bonchev–Trinajstić information content (AvgIpc) is 3.31. The number of rotatable bonds is 6. The summed E-state index contributed by atoms with van der Waals surface area (Å²) in [5.41, 5.74) is 2.61. The van der Waals surface area contributed by atoms with Gasteiger partial charge in [0.05, 0.1) is 12.9 Å². The van der Waals surface area contributed by atoms with Crippen molar-refractivity contribution in [2.75, 3.05) is 5.32 Å². The van der Waals surface area contributed by atoms with Crippen molar-refractivity contribution >= 4 is 22.6 Å². The highest BCUT2D eigenvalue weighted by molar-refractivity contribution is 6.06. The molecule has 0 fully saturated rings. The number of carbonyl (C=O) groups excluding carboxylic acids is 1. The van der Waals surface area contributed by atoms with Crippen LogP contribution in [0.15, 0.2) is 69.7 Å². The number of anilines is 1. The Bertz CT molecular complexity index is 1110. The molecule has 2 heterocycles. The highest BCUT2D eigenvalue weighted by Crippen LogP contribution is 2.26. The minimum absolute atomic E-state index is 0.167. The summed E-state index contributed by atoms with van der Waals surface area (Å²) in [6.07, 6.45) is 1.60. The summed E-state index contributed by atoms with van der Waals surface area (Å²) in [6.45, 7) is 2.49. The van der Waals surface area contributed by atoms with Crippen LogP contribution in [0.4, 0.5) is 10.1 Å². The van der Waals surface area contributed by atoms with Gasteiger partial charge in [-0.25, -0.2) is 4.39 Å². The largest absolute Gasteiger partial charge is 0.467 e. The topological polar surface area (TPSA) is 64.6 Å². The maximum absolute atomic E-state index is 13.4. The molecule has 0 bridgehead atoms. The Balaban J connectivity index is 1.45. The molecule has 0 aliphatic rings. The Morgan fingerprint density at radius 3 is 2.82 bits per heavy atom. The van der Waals surface area contributed by atoms with Crippen LogP contribution in [0.25, 0.3) is 11.0 Å². The van der Waals surface area contributed by atoms with E-state index in [1.807, 2.05) is 30.3 Å². The third-order valence-electron chi connectivity index (χ3n) is 4.38. The van der Waals surface area contributed by atoms with E-state index in [9.17, 15) is 9.18 Å². The number of nitrogens with one attached hydrogen (secondary N) is 1. The molecule has 5 nitrogen and oxygen atoms in total. The van der Waals surface area contributed by atoms with Crippen molar-refractivity contribution in [1.29, 1.82) is 0 Å². The molecular weight excluding hydrogens is 361 g/mol. The number of furan rings is 2. The molecule has 4 rings (SSSR count). The van der Waals surface area contributed by atoms with Crippen molar-refractivity contribution in [2.45, 2.75) is 20.1 Å². The van der Waals surface area contributed by atoms with E-state index in [-0.39, 0.29) is 17.5 Å². The third-order valence-corrected chi connectivity index (χ3v) is 4.38. The number of aryl methyl sites for hydroxylation is 1. The van der Waals surface area contributed by atoms with Crippen LogP contribution in [-0.2, 0) is 18.0 Å². The molecule has 0 saturated heterocycles. The molecule has 0 saturated carbocycles. The van der Waals surface area contributed by atoms with Crippen molar-refractivity contribution in [3.63, 3.8) is 0 Å². The molecule has 0 aliphatic carbocycles. The van der Waals surface area contributed by atoms with Gasteiger partial charge in [0.15, 0.2) is 5.76 Å². The van der Waals surface area contributed by atoms with Crippen LogP contribution in [-0.4, -0.2) is 5.91 Å². The SMILES string of the molecule is Cc1c(C(=O)Nc2cccc(COCc3ccco3)c2)oc2ccc(F)cc12. The van der Waals surface area contributed by atoms with Crippen molar-refractivity contribution in [3.05, 3.63) is 89.3 Å². The minimum Gasteiger partial charge on any atom is -0.467 e. The molecular formula is C22H18FNO4. The van der Waals surface area contributed by atoms with E-state index < -0.39 is 0 Å². The van der Waals surface area contributed by atoms with E-state index in [0.29, 0.717) is 35.4 Å². The normalized spacial score (nSPS) is 11.1. The van der Waals surface area contributed by atoms with Crippen LogP contribution in [0.1, 0.15) is 27.4 Å². The number of fused-ring (bicyclic) bond motifs is 1. The Hall–Kier alpha value is -3.38. The van der Waals surface area contributed by atoms with E-state index >= 15 is 0 Å². The second-order valence-electron chi connectivity index (χ2n) is 6.42. The number of hydrogen-bond donors (Lipinski definition) is 1. The van der Waals surface area contributed by atoms with Gasteiger partial charge in [0, 0.05) is 16.6 Å². The lowest BCUT2D eigenvalue weighted by Crippen LogP contribution is -2.12. The summed E-state index contributed by atoms with van der Waals surface area (Å²) in [5, 5.41) is 3.41. The van der Waals surface area contributed by atoms with Gasteiger partial charge < -0.3 is 18.9 Å². The summed E-state index contributed by atoms with van der Waals surface area (Å²) in [6, 6.07) is 15.2. The Morgan fingerprint density at radius 1 is 1.11 bits per heavy atom. The molecule has 1 amide bonds. The van der Waals surface area contributed by atoms with Crippen LogP contribution in [0.5, 0.6) is 0 Å². The van der Waals surface area contributed by atoms with Gasteiger partial charge in [-0.2, -0.15) is 0 Å². The smallest absolute Gasteiger partial charge is 0.291 e. The summed E-state index contributed by atoms with van der Waals surface area (Å²) in [5.74, 6) is 0.162. The first-order valence-electron chi connectivity index (χ1n) is 8.79. The number of carbonyl (C=O) groups is 1. The number of halogens is 1. The standard InChI is InChI=1S/C22H18FNO4/c1-14-19-11-16(23)7-8-20(19)28-21(14)22(25)24-17-5-2-4-15(10-17)12-26-13-18-6-3-9-27-18/h2-11H,12-13H2,1H3,(H,24,25). The van der Waals surface area contributed by atoms with Crippen LogP contribution >= 0.6 is 0 Å². The van der Waals surface area contributed by atoms with E-state index in [4.69, 9.17) is 13.6 Å². The van der Waals surface area contributed by atoms with Gasteiger partial charge in [0.25, 0.3) is 5.91 Å². The summed E-state index contributed by atoms with van der Waals surface area (Å²) < 4.78 is 29.9. The monoisotopic (exact) mass is 379 g/mol. The van der Waals surface area contributed by atoms with Gasteiger partial charge >= 0.3 is 0 Å². The molecule has 0 aliphatic heterocycles. The Morgan fingerprint density at radius 2 is 2.00 bits per heavy atom. The highest BCUT2D eigenvalue weighted by atomic mass is 19.1. The van der Waals surface area contributed by atoms with Crippen molar-refractivity contribution in [2.24, 2.45) is 0 Å². The summed E-state index contributed by atoms with van der Waals surface area (Å²) >= 11 is 0. The van der Waals surface area contributed by atoms with Crippen molar-refractivity contribution in [3.8, 4) is 0 Å². The quantitative estimate of drug-likeness (QED) is 0.484. The van der Waals surface area contributed by atoms with Gasteiger partial charge in [-0.1, -0.05) is 12.1 Å². The van der Waals surface area contributed by atoms with Crippen LogP contribution in [0.2, 0.25) is 0 Å². The highest BCUT2D eigenvalue weighted by Gasteiger charge is 2.18. The molecule has 28 heavy (non-hydrogen) atoms. The first-order valence-corrected chi connectivity index (χ1v) is 8.79. The van der Waals surface area contributed by atoms with E-state index in [1.54, 1.807) is 19.3 Å². The van der Waals surface area contributed by atoms with Crippen LogP contribution in [0.3, 0.4) is 0 Å². The van der Waals surface area contributed by atoms with Crippen LogP contribution < -0.4 is 5.32 Å². The first kappa shape index (κ1) is 18.0.